The number of nitrogens with two attached hydrogens (primary N) is 1. The molecule has 0 saturated carbocycles. The topological polar surface area (TPSA) is 95.7 Å². The Hall–Kier alpha value is -1.90. The summed E-state index contributed by atoms with van der Waals surface area (Å²) in [5, 5.41) is 5.02. The Balaban J connectivity index is 1.81. The van der Waals surface area contributed by atoms with E-state index in [2.05, 4.69) is 6.92 Å². The highest BCUT2D eigenvalue weighted by atomic mass is 32.2. The maximum absolute atomic E-state index is 12.0. The number of aryl methyl sites for hydroxylation is 2. The highest BCUT2D eigenvalue weighted by Gasteiger charge is 2.13. The van der Waals surface area contributed by atoms with Crippen molar-refractivity contribution in [1.29, 1.82) is 0 Å². The average Bonchev–Trinajstić information content (AvgIpc) is 2.92. The van der Waals surface area contributed by atoms with Gasteiger partial charge in [-0.25, -0.2) is 18.4 Å². The molecule has 0 saturated heterocycles. The minimum atomic E-state index is -3.72. The molecule has 0 unspecified atom stereocenters. The number of ether oxygens (including phenoxy) is 2. The third kappa shape index (κ3) is 5.55. The van der Waals surface area contributed by atoms with Crippen LogP contribution in [0.5, 0.6) is 5.75 Å². The lowest BCUT2D eigenvalue weighted by molar-refractivity contribution is 0.0456. The summed E-state index contributed by atoms with van der Waals surface area (Å²) >= 11 is 1.44. The molecule has 1 heterocycles. The van der Waals surface area contributed by atoms with Crippen molar-refractivity contribution in [3.63, 3.8) is 0 Å². The molecule has 0 radical (unpaired) electrons. The van der Waals surface area contributed by atoms with Gasteiger partial charge >= 0.3 is 5.97 Å². The number of primary sulfonamides is 1. The molecule has 0 fully saturated rings. The molecule has 0 amide bonds. The highest BCUT2D eigenvalue weighted by Crippen LogP contribution is 2.23. The third-order valence-corrected chi connectivity index (χ3v) is 5.48. The lowest BCUT2D eigenvalue weighted by atomic mass is 10.1. The van der Waals surface area contributed by atoms with E-state index in [1.54, 1.807) is 0 Å². The van der Waals surface area contributed by atoms with E-state index in [1.165, 1.54) is 41.2 Å². The van der Waals surface area contributed by atoms with Crippen LogP contribution >= 0.6 is 11.3 Å². The van der Waals surface area contributed by atoms with Crippen LogP contribution in [0.3, 0.4) is 0 Å². The number of benzene rings is 1. The molecule has 2 rings (SSSR count). The smallest absolute Gasteiger partial charge is 0.348 e. The Morgan fingerprint density at radius 2 is 1.88 bits per heavy atom. The summed E-state index contributed by atoms with van der Waals surface area (Å²) in [4.78, 5) is 13.8. The van der Waals surface area contributed by atoms with Gasteiger partial charge < -0.3 is 9.47 Å². The van der Waals surface area contributed by atoms with Crippen molar-refractivity contribution in [1.82, 2.24) is 0 Å². The molecule has 136 valence electrons. The summed E-state index contributed by atoms with van der Waals surface area (Å²) in [5.41, 5.74) is 1.19. The first-order valence-electron chi connectivity index (χ1n) is 7.83. The minimum Gasteiger partial charge on any atom is -0.490 e. The van der Waals surface area contributed by atoms with Gasteiger partial charge in [-0.15, -0.1) is 11.3 Å². The quantitative estimate of drug-likeness (QED) is 0.558. The van der Waals surface area contributed by atoms with E-state index < -0.39 is 10.0 Å². The summed E-state index contributed by atoms with van der Waals surface area (Å²) in [5.74, 6) is 0.115. The van der Waals surface area contributed by atoms with Gasteiger partial charge in [-0.05, 0) is 49.2 Å². The molecule has 0 aliphatic carbocycles. The molecule has 2 N–H and O–H groups in total. The van der Waals surface area contributed by atoms with Crippen LogP contribution in [-0.2, 0) is 21.2 Å². The monoisotopic (exact) mass is 383 g/mol. The molecule has 0 aliphatic rings. The number of thiophene rings is 1. The molecule has 0 bridgehead atoms. The summed E-state index contributed by atoms with van der Waals surface area (Å²) in [6, 6.07) is 7.61. The van der Waals surface area contributed by atoms with E-state index >= 15 is 0 Å². The number of esters is 1. The Morgan fingerprint density at radius 3 is 2.48 bits per heavy atom. The summed E-state index contributed by atoms with van der Waals surface area (Å²) in [6.07, 6.45) is 1.98. The van der Waals surface area contributed by atoms with Gasteiger partial charge in [0.1, 0.15) is 23.8 Å². The fourth-order valence-corrected chi connectivity index (χ4v) is 3.71. The van der Waals surface area contributed by atoms with Gasteiger partial charge in [0.2, 0.25) is 10.0 Å². The predicted octanol–water partition coefficient (Wildman–Crippen LogP) is 2.89. The summed E-state index contributed by atoms with van der Waals surface area (Å²) < 4.78 is 32.9. The highest BCUT2D eigenvalue weighted by molar-refractivity contribution is 7.89. The largest absolute Gasteiger partial charge is 0.490 e. The summed E-state index contributed by atoms with van der Waals surface area (Å²) in [7, 11) is -3.72. The number of hydrogen-bond acceptors (Lipinski definition) is 6. The second kappa shape index (κ2) is 8.46. The first-order valence-corrected chi connectivity index (χ1v) is 10.2. The standard InChI is InChI=1S/C17H21NO5S2/c1-3-4-13-11-16(24-12(13)2)17(19)23-10-9-22-14-5-7-15(8-6-14)25(18,20)21/h5-8,11H,3-4,9-10H2,1-2H3,(H2,18,20,21). The molecular weight excluding hydrogens is 362 g/mol. The molecule has 2 aromatic rings. The van der Waals surface area contributed by atoms with Crippen LogP contribution in [0.25, 0.3) is 0 Å². The van der Waals surface area contributed by atoms with Gasteiger partial charge in [0.15, 0.2) is 0 Å². The second-order valence-electron chi connectivity index (χ2n) is 5.44. The van der Waals surface area contributed by atoms with Crippen LogP contribution < -0.4 is 9.88 Å². The van der Waals surface area contributed by atoms with Crippen molar-refractivity contribution >= 4 is 27.3 Å². The van der Waals surface area contributed by atoms with Crippen LogP contribution in [0, 0.1) is 6.92 Å². The van der Waals surface area contributed by atoms with Gasteiger partial charge in [0, 0.05) is 4.88 Å². The molecule has 1 aromatic heterocycles. The molecule has 6 nitrogen and oxygen atoms in total. The number of carbonyl (C=O) groups is 1. The first-order chi connectivity index (χ1) is 11.8. The average molecular weight is 383 g/mol. The zero-order valence-corrected chi connectivity index (χ0v) is 15.8. The Labute approximate surface area is 151 Å². The molecule has 0 aliphatic heterocycles. The fraction of sp³-hybridized carbons (Fsp3) is 0.353. The van der Waals surface area contributed by atoms with Crippen molar-refractivity contribution in [2.24, 2.45) is 5.14 Å². The van der Waals surface area contributed by atoms with Gasteiger partial charge in [0.05, 0.1) is 4.90 Å². The fourth-order valence-electron chi connectivity index (χ4n) is 2.23. The van der Waals surface area contributed by atoms with Crippen LogP contribution in [0.2, 0.25) is 0 Å². The number of rotatable bonds is 8. The lowest BCUT2D eigenvalue weighted by Crippen LogP contribution is -2.13. The van der Waals surface area contributed by atoms with Crippen molar-refractivity contribution in [2.75, 3.05) is 13.2 Å². The minimum absolute atomic E-state index is 0.0160. The predicted molar refractivity (Wildman–Crippen MR) is 96.6 cm³/mol. The van der Waals surface area contributed by atoms with Crippen molar-refractivity contribution < 1.29 is 22.7 Å². The van der Waals surface area contributed by atoms with Gasteiger partial charge in [-0.2, -0.15) is 0 Å². The van der Waals surface area contributed by atoms with E-state index in [4.69, 9.17) is 14.6 Å². The van der Waals surface area contributed by atoms with E-state index in [-0.39, 0.29) is 24.1 Å². The zero-order chi connectivity index (χ0) is 18.4. The van der Waals surface area contributed by atoms with Gasteiger partial charge in [-0.1, -0.05) is 13.3 Å². The maximum atomic E-state index is 12.0. The van der Waals surface area contributed by atoms with E-state index in [0.29, 0.717) is 10.6 Å². The molecule has 25 heavy (non-hydrogen) atoms. The zero-order valence-electron chi connectivity index (χ0n) is 14.2. The molecule has 0 spiro atoms. The van der Waals surface area contributed by atoms with E-state index in [0.717, 1.165) is 17.7 Å². The van der Waals surface area contributed by atoms with E-state index in [1.807, 2.05) is 13.0 Å². The van der Waals surface area contributed by atoms with Crippen LogP contribution in [0.1, 0.15) is 33.5 Å². The van der Waals surface area contributed by atoms with Crippen molar-refractivity contribution in [3.8, 4) is 5.75 Å². The first kappa shape index (κ1) is 19.4. The third-order valence-electron chi connectivity index (χ3n) is 3.48. The van der Waals surface area contributed by atoms with Crippen LogP contribution in [0.4, 0.5) is 0 Å². The maximum Gasteiger partial charge on any atom is 0.348 e. The lowest BCUT2D eigenvalue weighted by Gasteiger charge is -2.07. The number of hydrogen-bond donors (Lipinski definition) is 1. The Morgan fingerprint density at radius 1 is 1.20 bits per heavy atom. The van der Waals surface area contributed by atoms with Crippen LogP contribution in [-0.4, -0.2) is 27.6 Å². The Kier molecular flexibility index (Phi) is 6.57. The SMILES string of the molecule is CCCc1cc(C(=O)OCCOc2ccc(S(N)(=O)=O)cc2)sc1C. The second-order valence-corrected chi connectivity index (χ2v) is 8.26. The number of carbonyl (C=O) groups excluding carboxylic acids is 1. The molecule has 0 atom stereocenters. The van der Waals surface area contributed by atoms with Crippen molar-refractivity contribution in [2.45, 2.75) is 31.6 Å². The van der Waals surface area contributed by atoms with Crippen molar-refractivity contribution in [3.05, 3.63) is 45.6 Å². The molecular formula is C17H21NO5S2. The van der Waals surface area contributed by atoms with Gasteiger partial charge in [0.25, 0.3) is 0 Å². The summed E-state index contributed by atoms with van der Waals surface area (Å²) in [6.45, 7) is 4.38. The molecule has 8 heteroatoms. The van der Waals surface area contributed by atoms with E-state index in [9.17, 15) is 13.2 Å². The molecule has 1 aromatic carbocycles. The normalized spacial score (nSPS) is 11.3. The van der Waals surface area contributed by atoms with Crippen LogP contribution in [0.15, 0.2) is 35.2 Å². The Bertz CT molecular complexity index is 825. The number of sulfonamides is 1. The van der Waals surface area contributed by atoms with Gasteiger partial charge in [-0.3, -0.25) is 0 Å².